The third-order valence-corrected chi connectivity index (χ3v) is 6.81. The summed E-state index contributed by atoms with van der Waals surface area (Å²) in [5.41, 5.74) is 3.00. The molecule has 0 saturated heterocycles. The van der Waals surface area contributed by atoms with E-state index >= 15 is 0 Å². The van der Waals surface area contributed by atoms with E-state index in [9.17, 15) is 9.59 Å². The highest BCUT2D eigenvalue weighted by atomic mass is 35.5. The number of methoxy groups -OCH3 is 1. The van der Waals surface area contributed by atoms with Crippen molar-refractivity contribution >= 4 is 52.2 Å². The molecule has 3 N–H and O–H groups in total. The monoisotopic (exact) mass is 522 g/mol. The summed E-state index contributed by atoms with van der Waals surface area (Å²) in [6.07, 6.45) is 2.89. The lowest BCUT2D eigenvalue weighted by Crippen LogP contribution is -2.29. The Balaban J connectivity index is 1.74. The van der Waals surface area contributed by atoms with Gasteiger partial charge < -0.3 is 25.6 Å². The van der Waals surface area contributed by atoms with Crippen LogP contribution in [0, 0.1) is 5.41 Å². The van der Waals surface area contributed by atoms with Crippen LogP contribution in [0.25, 0.3) is 0 Å². The number of carbonyl (C=O) groups is 2. The molecule has 0 radical (unpaired) electrons. The van der Waals surface area contributed by atoms with Crippen LogP contribution in [0.3, 0.4) is 0 Å². The minimum absolute atomic E-state index is 0.0119. The smallest absolute Gasteiger partial charge is 0.253 e. The quantitative estimate of drug-likeness (QED) is 0.386. The molecular weight excluding hydrogens is 492 g/mol. The molecule has 2 heterocycles. The Morgan fingerprint density at radius 3 is 2.70 bits per heavy atom. The second kappa shape index (κ2) is 10.6. The van der Waals surface area contributed by atoms with Crippen LogP contribution in [-0.2, 0) is 11.2 Å². The summed E-state index contributed by atoms with van der Waals surface area (Å²) in [5, 5.41) is 9.17. The average molecular weight is 523 g/mol. The topological polar surface area (TPSA) is 108 Å². The lowest BCUT2D eigenvalue weighted by molar-refractivity contribution is -0.124. The lowest BCUT2D eigenvalue weighted by Gasteiger charge is -2.26. The second-order valence-corrected chi connectivity index (χ2v) is 9.75. The summed E-state index contributed by atoms with van der Waals surface area (Å²) in [5.74, 6) is 1.19. The molecule has 194 valence electrons. The van der Waals surface area contributed by atoms with E-state index in [1.807, 2.05) is 43.9 Å². The molecule has 1 aliphatic rings. The highest BCUT2D eigenvalue weighted by Crippen LogP contribution is 2.43. The van der Waals surface area contributed by atoms with Crippen molar-refractivity contribution in [2.24, 2.45) is 5.41 Å². The molecule has 37 heavy (non-hydrogen) atoms. The number of para-hydroxylation sites is 1. The summed E-state index contributed by atoms with van der Waals surface area (Å²) in [4.78, 5) is 36.1. The summed E-state index contributed by atoms with van der Waals surface area (Å²) < 4.78 is 5.88. The van der Waals surface area contributed by atoms with Gasteiger partial charge in [-0.05, 0) is 44.0 Å². The van der Waals surface area contributed by atoms with E-state index in [0.29, 0.717) is 53.2 Å². The molecule has 3 aromatic rings. The number of nitrogens with zero attached hydrogens (tertiary/aromatic N) is 3. The second-order valence-electron chi connectivity index (χ2n) is 9.34. The van der Waals surface area contributed by atoms with Crippen molar-refractivity contribution in [3.05, 3.63) is 58.7 Å². The SMILES string of the molecule is CCN(c1ncc(Cl)c(Nc2ccccc2C(=O)NC)n1)c1ccc2c(c1OC)CCC(C)(C)C(=O)N2. The van der Waals surface area contributed by atoms with E-state index in [0.717, 1.165) is 16.9 Å². The van der Waals surface area contributed by atoms with Crippen LogP contribution in [0.1, 0.15) is 43.1 Å². The van der Waals surface area contributed by atoms with E-state index in [-0.39, 0.29) is 11.8 Å². The van der Waals surface area contributed by atoms with Gasteiger partial charge in [0, 0.05) is 30.3 Å². The molecule has 0 bridgehead atoms. The van der Waals surface area contributed by atoms with Gasteiger partial charge in [0.25, 0.3) is 5.91 Å². The van der Waals surface area contributed by atoms with Crippen LogP contribution in [-0.4, -0.2) is 42.5 Å². The lowest BCUT2D eigenvalue weighted by atomic mass is 9.86. The molecule has 2 aromatic carbocycles. The van der Waals surface area contributed by atoms with Gasteiger partial charge in [0.15, 0.2) is 5.82 Å². The zero-order chi connectivity index (χ0) is 26.7. The van der Waals surface area contributed by atoms with Crippen LogP contribution < -0.4 is 25.6 Å². The maximum absolute atomic E-state index is 12.7. The van der Waals surface area contributed by atoms with Gasteiger partial charge in [-0.3, -0.25) is 9.59 Å². The number of fused-ring (bicyclic) bond motifs is 1. The molecule has 4 rings (SSSR count). The Labute approximate surface area is 221 Å². The molecule has 2 amide bonds. The standard InChI is InChI=1S/C27H31ClN6O3/c1-6-34(21-12-11-20-16(22(21)37-5)13-14-27(2,3)25(36)32-20)26-30-15-18(28)23(33-26)31-19-10-8-7-9-17(19)24(35)29-4/h7-12,15H,6,13-14H2,1-5H3,(H,29,35)(H,32,36)(H,30,31,33). The molecule has 0 aliphatic carbocycles. The normalized spacial score (nSPS) is 14.2. The van der Waals surface area contributed by atoms with Crippen molar-refractivity contribution < 1.29 is 14.3 Å². The first-order valence-electron chi connectivity index (χ1n) is 12.1. The van der Waals surface area contributed by atoms with Crippen LogP contribution >= 0.6 is 11.6 Å². The molecule has 9 nitrogen and oxygen atoms in total. The highest BCUT2D eigenvalue weighted by molar-refractivity contribution is 6.33. The van der Waals surface area contributed by atoms with Crippen molar-refractivity contribution in [2.75, 3.05) is 36.2 Å². The first-order chi connectivity index (χ1) is 17.7. The number of nitrogens with one attached hydrogen (secondary N) is 3. The maximum atomic E-state index is 12.7. The Hall–Kier alpha value is -3.85. The predicted molar refractivity (Wildman–Crippen MR) is 147 cm³/mol. The number of halogens is 1. The summed E-state index contributed by atoms with van der Waals surface area (Å²) in [7, 11) is 3.20. The number of amides is 2. The molecule has 0 saturated carbocycles. The zero-order valence-corrected chi connectivity index (χ0v) is 22.4. The van der Waals surface area contributed by atoms with Crippen LogP contribution in [0.15, 0.2) is 42.6 Å². The number of anilines is 5. The number of hydrogen-bond donors (Lipinski definition) is 3. The van der Waals surface area contributed by atoms with Crippen molar-refractivity contribution in [1.29, 1.82) is 0 Å². The fourth-order valence-electron chi connectivity index (χ4n) is 4.31. The molecule has 0 fully saturated rings. The summed E-state index contributed by atoms with van der Waals surface area (Å²) in [6, 6.07) is 10.9. The fourth-order valence-corrected chi connectivity index (χ4v) is 4.45. The number of hydrogen-bond acceptors (Lipinski definition) is 7. The first kappa shape index (κ1) is 26.2. The van der Waals surface area contributed by atoms with Crippen molar-refractivity contribution in [2.45, 2.75) is 33.6 Å². The van der Waals surface area contributed by atoms with Crippen molar-refractivity contribution in [1.82, 2.24) is 15.3 Å². The van der Waals surface area contributed by atoms with E-state index in [4.69, 9.17) is 21.3 Å². The van der Waals surface area contributed by atoms with Crippen LogP contribution in [0.2, 0.25) is 5.02 Å². The molecule has 10 heteroatoms. The van der Waals surface area contributed by atoms with Crippen LogP contribution in [0.4, 0.5) is 28.8 Å². The number of benzene rings is 2. The number of rotatable bonds is 7. The first-order valence-corrected chi connectivity index (χ1v) is 12.5. The van der Waals surface area contributed by atoms with Gasteiger partial charge in [0.1, 0.15) is 10.8 Å². The average Bonchev–Trinajstić information content (AvgIpc) is 3.01. The van der Waals surface area contributed by atoms with E-state index < -0.39 is 5.41 Å². The Morgan fingerprint density at radius 1 is 1.24 bits per heavy atom. The Morgan fingerprint density at radius 2 is 2.00 bits per heavy atom. The zero-order valence-electron chi connectivity index (χ0n) is 21.6. The number of ether oxygens (including phenoxy) is 1. The highest BCUT2D eigenvalue weighted by Gasteiger charge is 2.33. The molecule has 0 spiro atoms. The molecule has 0 atom stereocenters. The van der Waals surface area contributed by atoms with Gasteiger partial charge in [0.05, 0.1) is 30.2 Å². The predicted octanol–water partition coefficient (Wildman–Crippen LogP) is 5.31. The van der Waals surface area contributed by atoms with Gasteiger partial charge >= 0.3 is 0 Å². The number of carbonyl (C=O) groups excluding carboxylic acids is 2. The van der Waals surface area contributed by atoms with E-state index in [1.54, 1.807) is 32.4 Å². The Bertz CT molecular complexity index is 1340. The maximum Gasteiger partial charge on any atom is 0.253 e. The van der Waals surface area contributed by atoms with Crippen molar-refractivity contribution in [3.8, 4) is 5.75 Å². The molecule has 1 aliphatic heterocycles. The minimum atomic E-state index is -0.487. The molecule has 1 aromatic heterocycles. The van der Waals surface area contributed by atoms with Crippen LogP contribution in [0.5, 0.6) is 5.75 Å². The van der Waals surface area contributed by atoms with E-state index in [1.165, 1.54) is 6.20 Å². The van der Waals surface area contributed by atoms with Gasteiger partial charge in [-0.15, -0.1) is 0 Å². The van der Waals surface area contributed by atoms with Gasteiger partial charge in [-0.1, -0.05) is 37.6 Å². The minimum Gasteiger partial charge on any atom is -0.494 e. The summed E-state index contributed by atoms with van der Waals surface area (Å²) >= 11 is 6.45. The van der Waals surface area contributed by atoms with Crippen molar-refractivity contribution in [3.63, 3.8) is 0 Å². The third kappa shape index (κ3) is 5.17. The Kier molecular flexibility index (Phi) is 7.54. The summed E-state index contributed by atoms with van der Waals surface area (Å²) in [6.45, 7) is 6.42. The third-order valence-electron chi connectivity index (χ3n) is 6.54. The number of aromatic nitrogens is 2. The molecular formula is C27H31ClN6O3. The van der Waals surface area contributed by atoms with Gasteiger partial charge in [-0.25, -0.2) is 4.98 Å². The molecule has 0 unspecified atom stereocenters. The largest absolute Gasteiger partial charge is 0.494 e. The van der Waals surface area contributed by atoms with Gasteiger partial charge in [0.2, 0.25) is 11.9 Å². The van der Waals surface area contributed by atoms with Gasteiger partial charge in [-0.2, -0.15) is 4.98 Å². The van der Waals surface area contributed by atoms with E-state index in [2.05, 4.69) is 20.9 Å². The fraction of sp³-hybridized carbons (Fsp3) is 0.333.